The lowest BCUT2D eigenvalue weighted by molar-refractivity contribution is 0.0725. The molecule has 17 heavy (non-hydrogen) atoms. The van der Waals surface area contributed by atoms with Gasteiger partial charge < -0.3 is 15.4 Å². The Kier molecular flexibility index (Phi) is 3.33. The van der Waals surface area contributed by atoms with Crippen LogP contribution in [0.2, 0.25) is 0 Å². The van der Waals surface area contributed by atoms with Gasteiger partial charge in [0.25, 0.3) is 5.91 Å². The summed E-state index contributed by atoms with van der Waals surface area (Å²) in [5, 5.41) is 0. The molecule has 1 aromatic carbocycles. The second-order valence-corrected chi connectivity index (χ2v) is 4.43. The molecule has 92 valence electrons. The number of carbonyl (C=O) groups excluding carboxylic acids is 1. The van der Waals surface area contributed by atoms with Gasteiger partial charge in [0, 0.05) is 25.9 Å². The van der Waals surface area contributed by atoms with E-state index in [4.69, 9.17) is 10.5 Å². The summed E-state index contributed by atoms with van der Waals surface area (Å²) in [5.74, 6) is 0.00532. The fourth-order valence-corrected chi connectivity index (χ4v) is 2.14. The number of likely N-dealkylation sites (tertiary alicyclic amines) is 1. The maximum atomic E-state index is 12.3. The van der Waals surface area contributed by atoms with Crippen molar-refractivity contribution in [1.29, 1.82) is 0 Å². The third kappa shape index (κ3) is 2.26. The number of nitrogens with two attached hydrogens (primary N) is 1. The molecule has 1 heterocycles. The van der Waals surface area contributed by atoms with Crippen molar-refractivity contribution in [2.24, 2.45) is 0 Å². The predicted octanol–water partition coefficient (Wildman–Crippen LogP) is 1.44. The zero-order chi connectivity index (χ0) is 12.4. The van der Waals surface area contributed by atoms with Crippen LogP contribution in [0, 0.1) is 6.92 Å². The van der Waals surface area contributed by atoms with Gasteiger partial charge in [-0.05, 0) is 25.0 Å². The molecule has 1 aromatic rings. The van der Waals surface area contributed by atoms with Crippen LogP contribution >= 0.6 is 0 Å². The van der Waals surface area contributed by atoms with E-state index in [9.17, 15) is 4.79 Å². The van der Waals surface area contributed by atoms with Gasteiger partial charge in [-0.3, -0.25) is 4.79 Å². The Labute approximate surface area is 101 Å². The molecular weight excluding hydrogens is 216 g/mol. The number of para-hydroxylation sites is 1. The van der Waals surface area contributed by atoms with E-state index in [1.54, 1.807) is 18.1 Å². The van der Waals surface area contributed by atoms with Crippen molar-refractivity contribution >= 4 is 11.6 Å². The van der Waals surface area contributed by atoms with Crippen LogP contribution < -0.4 is 5.73 Å². The van der Waals surface area contributed by atoms with Gasteiger partial charge in [0.05, 0.1) is 11.7 Å². The molecule has 1 amide bonds. The quantitative estimate of drug-likeness (QED) is 0.788. The molecule has 0 aliphatic carbocycles. The number of anilines is 1. The minimum absolute atomic E-state index is 0.00532. The Bertz CT molecular complexity index is 431. The topological polar surface area (TPSA) is 55.6 Å². The van der Waals surface area contributed by atoms with Crippen LogP contribution in [-0.2, 0) is 4.74 Å². The summed E-state index contributed by atoms with van der Waals surface area (Å²) >= 11 is 0. The fraction of sp³-hybridized carbons (Fsp3) is 0.462. The van der Waals surface area contributed by atoms with Gasteiger partial charge in [-0.25, -0.2) is 0 Å². The van der Waals surface area contributed by atoms with E-state index in [2.05, 4.69) is 0 Å². The smallest absolute Gasteiger partial charge is 0.256 e. The number of ether oxygens (including phenoxy) is 1. The number of rotatable bonds is 2. The number of hydrogen-bond acceptors (Lipinski definition) is 3. The second-order valence-electron chi connectivity index (χ2n) is 4.43. The largest absolute Gasteiger partial charge is 0.398 e. The Balaban J connectivity index is 2.18. The Hall–Kier alpha value is -1.55. The highest BCUT2D eigenvalue weighted by Gasteiger charge is 2.27. The van der Waals surface area contributed by atoms with Crippen molar-refractivity contribution in [1.82, 2.24) is 4.90 Å². The summed E-state index contributed by atoms with van der Waals surface area (Å²) < 4.78 is 5.26. The lowest BCUT2D eigenvalue weighted by Crippen LogP contribution is -2.30. The van der Waals surface area contributed by atoms with E-state index >= 15 is 0 Å². The average molecular weight is 234 g/mol. The number of methoxy groups -OCH3 is 1. The van der Waals surface area contributed by atoms with E-state index < -0.39 is 0 Å². The molecule has 0 spiro atoms. The van der Waals surface area contributed by atoms with Crippen LogP contribution in [0.3, 0.4) is 0 Å². The summed E-state index contributed by atoms with van der Waals surface area (Å²) in [6.45, 7) is 3.31. The van der Waals surface area contributed by atoms with E-state index in [0.29, 0.717) is 17.8 Å². The molecule has 1 unspecified atom stereocenters. The number of aryl methyl sites for hydroxylation is 1. The standard InChI is InChI=1S/C13H18N2O2/c1-9-4-3-5-11(12(9)14)13(16)15-7-6-10(8-15)17-2/h3-5,10H,6-8,14H2,1-2H3. The van der Waals surface area contributed by atoms with Crippen LogP contribution in [0.25, 0.3) is 0 Å². The van der Waals surface area contributed by atoms with Crippen LogP contribution in [0.4, 0.5) is 5.69 Å². The first kappa shape index (κ1) is 11.9. The molecule has 1 aliphatic rings. The Morgan fingerprint density at radius 3 is 2.94 bits per heavy atom. The van der Waals surface area contributed by atoms with E-state index in [0.717, 1.165) is 18.5 Å². The molecule has 1 saturated heterocycles. The monoisotopic (exact) mass is 234 g/mol. The summed E-state index contributed by atoms with van der Waals surface area (Å²) in [6.07, 6.45) is 1.05. The fourth-order valence-electron chi connectivity index (χ4n) is 2.14. The second kappa shape index (κ2) is 4.75. The minimum atomic E-state index is 0.00532. The maximum Gasteiger partial charge on any atom is 0.256 e. The minimum Gasteiger partial charge on any atom is -0.398 e. The molecule has 0 aromatic heterocycles. The lowest BCUT2D eigenvalue weighted by Gasteiger charge is -2.17. The number of carbonyl (C=O) groups is 1. The lowest BCUT2D eigenvalue weighted by atomic mass is 10.1. The van der Waals surface area contributed by atoms with E-state index in [1.165, 1.54) is 0 Å². The number of amides is 1. The van der Waals surface area contributed by atoms with Crippen LogP contribution in [0.15, 0.2) is 18.2 Å². The number of nitrogen functional groups attached to an aromatic ring is 1. The van der Waals surface area contributed by atoms with Crippen molar-refractivity contribution < 1.29 is 9.53 Å². The summed E-state index contributed by atoms with van der Waals surface area (Å²) in [6, 6.07) is 5.56. The number of nitrogens with zero attached hydrogens (tertiary/aromatic N) is 1. The zero-order valence-electron chi connectivity index (χ0n) is 10.3. The molecule has 2 rings (SSSR count). The first-order valence-corrected chi connectivity index (χ1v) is 5.80. The van der Waals surface area contributed by atoms with Crippen LogP contribution in [0.1, 0.15) is 22.3 Å². The molecule has 1 fully saturated rings. The van der Waals surface area contributed by atoms with E-state index in [1.807, 2.05) is 19.1 Å². The Morgan fingerprint density at radius 2 is 2.29 bits per heavy atom. The van der Waals surface area contributed by atoms with Crippen molar-refractivity contribution in [2.45, 2.75) is 19.4 Å². The van der Waals surface area contributed by atoms with Crippen molar-refractivity contribution in [3.8, 4) is 0 Å². The van der Waals surface area contributed by atoms with Crippen LogP contribution in [-0.4, -0.2) is 37.1 Å². The highest BCUT2D eigenvalue weighted by Crippen LogP contribution is 2.21. The van der Waals surface area contributed by atoms with Crippen LogP contribution in [0.5, 0.6) is 0 Å². The molecule has 0 saturated carbocycles. The van der Waals surface area contributed by atoms with Gasteiger partial charge in [-0.15, -0.1) is 0 Å². The molecule has 4 heteroatoms. The highest BCUT2D eigenvalue weighted by atomic mass is 16.5. The predicted molar refractivity (Wildman–Crippen MR) is 66.9 cm³/mol. The van der Waals surface area contributed by atoms with Gasteiger partial charge in [0.2, 0.25) is 0 Å². The average Bonchev–Trinajstić information content (AvgIpc) is 2.80. The molecule has 2 N–H and O–H groups in total. The van der Waals surface area contributed by atoms with Crippen molar-refractivity contribution in [3.05, 3.63) is 29.3 Å². The maximum absolute atomic E-state index is 12.3. The molecular formula is C13H18N2O2. The van der Waals surface area contributed by atoms with Crippen molar-refractivity contribution in [2.75, 3.05) is 25.9 Å². The van der Waals surface area contributed by atoms with Crippen molar-refractivity contribution in [3.63, 3.8) is 0 Å². The number of benzene rings is 1. The van der Waals surface area contributed by atoms with E-state index in [-0.39, 0.29) is 12.0 Å². The summed E-state index contributed by atoms with van der Waals surface area (Å²) in [4.78, 5) is 14.1. The SMILES string of the molecule is COC1CCN(C(=O)c2cccc(C)c2N)C1. The van der Waals surface area contributed by atoms with Gasteiger partial charge in [0.1, 0.15) is 0 Å². The molecule has 0 radical (unpaired) electrons. The summed E-state index contributed by atoms with van der Waals surface area (Å²) in [5.41, 5.74) is 8.06. The van der Waals surface area contributed by atoms with Gasteiger partial charge >= 0.3 is 0 Å². The third-order valence-corrected chi connectivity index (χ3v) is 3.32. The molecule has 0 bridgehead atoms. The third-order valence-electron chi connectivity index (χ3n) is 3.32. The zero-order valence-corrected chi connectivity index (χ0v) is 10.3. The number of hydrogen-bond donors (Lipinski definition) is 1. The molecule has 1 aliphatic heterocycles. The molecule has 4 nitrogen and oxygen atoms in total. The highest BCUT2D eigenvalue weighted by molar-refractivity contribution is 5.99. The van der Waals surface area contributed by atoms with Gasteiger partial charge in [-0.2, -0.15) is 0 Å². The molecule has 1 atom stereocenters. The summed E-state index contributed by atoms with van der Waals surface area (Å²) in [7, 11) is 1.68. The van der Waals surface area contributed by atoms with Gasteiger partial charge in [-0.1, -0.05) is 12.1 Å². The van der Waals surface area contributed by atoms with Gasteiger partial charge in [0.15, 0.2) is 0 Å². The first-order chi connectivity index (χ1) is 8.13. The Morgan fingerprint density at radius 1 is 1.53 bits per heavy atom. The normalized spacial score (nSPS) is 19.6. The first-order valence-electron chi connectivity index (χ1n) is 5.80.